The van der Waals surface area contributed by atoms with Gasteiger partial charge >= 0.3 is 5.97 Å². The minimum absolute atomic E-state index is 0.162. The van der Waals surface area contributed by atoms with Crippen molar-refractivity contribution in [3.8, 4) is 11.5 Å². The van der Waals surface area contributed by atoms with Crippen LogP contribution in [0.3, 0.4) is 0 Å². The zero-order valence-electron chi connectivity index (χ0n) is 16.5. The largest absolute Gasteiger partial charge is 0.493 e. The van der Waals surface area contributed by atoms with Crippen molar-refractivity contribution in [3.05, 3.63) is 29.8 Å². The average Bonchev–Trinajstić information content (AvgIpc) is 2.67. The summed E-state index contributed by atoms with van der Waals surface area (Å²) in [5, 5.41) is 3.00. The van der Waals surface area contributed by atoms with E-state index in [0.29, 0.717) is 17.4 Å². The van der Waals surface area contributed by atoms with E-state index in [0.717, 1.165) is 24.8 Å². The number of carbonyl (C=O) groups is 2. The molecule has 148 valence electrons. The number of carbonyl (C=O) groups excluding carboxylic acids is 2. The molecule has 1 aromatic rings. The van der Waals surface area contributed by atoms with Crippen molar-refractivity contribution in [1.29, 1.82) is 0 Å². The van der Waals surface area contributed by atoms with Crippen LogP contribution in [0.2, 0.25) is 0 Å². The maximum Gasteiger partial charge on any atom is 0.331 e. The highest BCUT2D eigenvalue weighted by Gasteiger charge is 2.25. The maximum absolute atomic E-state index is 12.3. The Hall–Kier alpha value is -2.50. The summed E-state index contributed by atoms with van der Waals surface area (Å²) in [5.74, 6) is 0.822. The molecule has 1 aliphatic carbocycles. The van der Waals surface area contributed by atoms with Crippen LogP contribution in [0, 0.1) is 5.92 Å². The molecule has 0 saturated heterocycles. The van der Waals surface area contributed by atoms with Crippen LogP contribution in [0.5, 0.6) is 11.5 Å². The molecule has 1 fully saturated rings. The summed E-state index contributed by atoms with van der Waals surface area (Å²) < 4.78 is 15.6. The number of ether oxygens (including phenoxy) is 3. The van der Waals surface area contributed by atoms with Gasteiger partial charge in [0.1, 0.15) is 0 Å². The molecule has 3 atom stereocenters. The molecule has 1 aliphatic rings. The SMILES string of the molecule is COc1ccc(/C=C/C(=O)O[C@H](C)C(=O)N[C@@H]2CCCC[C@H]2C)cc1OC. The minimum Gasteiger partial charge on any atom is -0.493 e. The second kappa shape index (κ2) is 10.00. The fourth-order valence-corrected chi connectivity index (χ4v) is 3.22. The molecule has 0 unspecified atom stereocenters. The second-order valence-electron chi connectivity index (χ2n) is 6.90. The van der Waals surface area contributed by atoms with E-state index in [4.69, 9.17) is 14.2 Å². The third kappa shape index (κ3) is 6.01. The van der Waals surface area contributed by atoms with Crippen molar-refractivity contribution in [3.63, 3.8) is 0 Å². The molecule has 1 N–H and O–H groups in total. The number of nitrogens with one attached hydrogen (secondary N) is 1. The van der Waals surface area contributed by atoms with Gasteiger partial charge < -0.3 is 19.5 Å². The first-order chi connectivity index (χ1) is 12.9. The molecule has 0 bridgehead atoms. The van der Waals surface area contributed by atoms with Crippen molar-refractivity contribution >= 4 is 18.0 Å². The molecule has 0 heterocycles. The number of esters is 1. The first-order valence-corrected chi connectivity index (χ1v) is 9.35. The molecule has 0 aliphatic heterocycles. The summed E-state index contributed by atoms with van der Waals surface area (Å²) in [5.41, 5.74) is 0.762. The molecule has 6 heteroatoms. The summed E-state index contributed by atoms with van der Waals surface area (Å²) in [6.07, 6.45) is 6.50. The van der Waals surface area contributed by atoms with Crippen LogP contribution in [0.25, 0.3) is 6.08 Å². The molecule has 1 saturated carbocycles. The molecule has 2 rings (SSSR count). The number of rotatable bonds is 7. The normalized spacial score (nSPS) is 20.7. The zero-order valence-corrected chi connectivity index (χ0v) is 16.5. The number of hydrogen-bond acceptors (Lipinski definition) is 5. The summed E-state index contributed by atoms with van der Waals surface area (Å²) in [6, 6.07) is 5.47. The Kier molecular flexibility index (Phi) is 7.70. The third-order valence-corrected chi connectivity index (χ3v) is 4.92. The second-order valence-corrected chi connectivity index (χ2v) is 6.90. The van der Waals surface area contributed by atoms with Gasteiger partial charge in [0.25, 0.3) is 5.91 Å². The molecular formula is C21H29NO5. The monoisotopic (exact) mass is 375 g/mol. The van der Waals surface area contributed by atoms with Crippen LogP contribution in [-0.4, -0.2) is 38.2 Å². The molecule has 0 radical (unpaired) electrons. The van der Waals surface area contributed by atoms with Gasteiger partial charge in [0.2, 0.25) is 0 Å². The first kappa shape index (κ1) is 20.8. The van der Waals surface area contributed by atoms with Crippen molar-refractivity contribution in [2.24, 2.45) is 5.92 Å². The molecule has 6 nitrogen and oxygen atoms in total. The van der Waals surface area contributed by atoms with Gasteiger partial charge in [0.05, 0.1) is 14.2 Å². The van der Waals surface area contributed by atoms with Gasteiger partial charge in [-0.25, -0.2) is 4.79 Å². The summed E-state index contributed by atoms with van der Waals surface area (Å²) in [7, 11) is 3.11. The standard InChI is InChI=1S/C21H29NO5/c1-14-7-5-6-8-17(14)22-21(24)15(2)27-20(23)12-10-16-9-11-18(25-3)19(13-16)26-4/h9-15,17H,5-8H2,1-4H3,(H,22,24)/b12-10+/t14-,15-,17-/m1/s1. The minimum atomic E-state index is -0.832. The van der Waals surface area contributed by atoms with E-state index in [1.54, 1.807) is 45.4 Å². The van der Waals surface area contributed by atoms with Gasteiger partial charge in [-0.2, -0.15) is 0 Å². The van der Waals surface area contributed by atoms with Gasteiger partial charge in [-0.05, 0) is 49.5 Å². The highest BCUT2D eigenvalue weighted by atomic mass is 16.5. The van der Waals surface area contributed by atoms with E-state index in [-0.39, 0.29) is 11.9 Å². The topological polar surface area (TPSA) is 73.9 Å². The van der Waals surface area contributed by atoms with Crippen LogP contribution < -0.4 is 14.8 Å². The summed E-state index contributed by atoms with van der Waals surface area (Å²) >= 11 is 0. The Bertz CT molecular complexity index is 685. The predicted octanol–water partition coefficient (Wildman–Crippen LogP) is 3.34. The lowest BCUT2D eigenvalue weighted by Gasteiger charge is -2.30. The van der Waals surface area contributed by atoms with Crippen LogP contribution in [-0.2, 0) is 14.3 Å². The van der Waals surface area contributed by atoms with E-state index >= 15 is 0 Å². The van der Waals surface area contributed by atoms with Crippen molar-refractivity contribution in [2.45, 2.75) is 51.7 Å². The smallest absolute Gasteiger partial charge is 0.331 e. The van der Waals surface area contributed by atoms with Crippen molar-refractivity contribution in [1.82, 2.24) is 5.32 Å². The van der Waals surface area contributed by atoms with E-state index in [2.05, 4.69) is 12.2 Å². The lowest BCUT2D eigenvalue weighted by Crippen LogP contribution is -2.45. The first-order valence-electron chi connectivity index (χ1n) is 9.35. The molecule has 0 spiro atoms. The van der Waals surface area contributed by atoms with E-state index in [9.17, 15) is 9.59 Å². The van der Waals surface area contributed by atoms with Crippen LogP contribution in [0.4, 0.5) is 0 Å². The Labute approximate surface area is 160 Å². The zero-order chi connectivity index (χ0) is 19.8. The Morgan fingerprint density at radius 3 is 2.52 bits per heavy atom. The van der Waals surface area contributed by atoms with Gasteiger partial charge in [-0.1, -0.05) is 25.8 Å². The molecule has 0 aromatic heterocycles. The Morgan fingerprint density at radius 2 is 1.85 bits per heavy atom. The number of benzene rings is 1. The van der Waals surface area contributed by atoms with Gasteiger partial charge in [0, 0.05) is 12.1 Å². The Balaban J connectivity index is 1.88. The summed E-state index contributed by atoms with van der Waals surface area (Å²) in [6.45, 7) is 3.73. The van der Waals surface area contributed by atoms with Gasteiger partial charge in [-0.15, -0.1) is 0 Å². The highest BCUT2D eigenvalue weighted by Crippen LogP contribution is 2.28. The van der Waals surface area contributed by atoms with Gasteiger partial charge in [-0.3, -0.25) is 4.79 Å². The van der Waals surface area contributed by atoms with Crippen LogP contribution in [0.15, 0.2) is 24.3 Å². The fraction of sp³-hybridized carbons (Fsp3) is 0.524. The van der Waals surface area contributed by atoms with Crippen LogP contribution >= 0.6 is 0 Å². The quantitative estimate of drug-likeness (QED) is 0.584. The van der Waals surface area contributed by atoms with E-state index in [1.807, 2.05) is 0 Å². The van der Waals surface area contributed by atoms with Gasteiger partial charge in [0.15, 0.2) is 17.6 Å². The van der Waals surface area contributed by atoms with E-state index in [1.165, 1.54) is 12.5 Å². The molecule has 1 aromatic carbocycles. The Morgan fingerprint density at radius 1 is 1.15 bits per heavy atom. The number of amides is 1. The third-order valence-electron chi connectivity index (χ3n) is 4.92. The lowest BCUT2D eigenvalue weighted by molar-refractivity contribution is -0.150. The highest BCUT2D eigenvalue weighted by molar-refractivity contribution is 5.90. The number of methoxy groups -OCH3 is 2. The predicted molar refractivity (Wildman–Crippen MR) is 104 cm³/mol. The average molecular weight is 375 g/mol. The van der Waals surface area contributed by atoms with Crippen LogP contribution in [0.1, 0.15) is 45.1 Å². The molecule has 27 heavy (non-hydrogen) atoms. The molecular weight excluding hydrogens is 346 g/mol. The number of hydrogen-bond donors (Lipinski definition) is 1. The van der Waals surface area contributed by atoms with Crippen molar-refractivity contribution < 1.29 is 23.8 Å². The molecule has 1 amide bonds. The fourth-order valence-electron chi connectivity index (χ4n) is 3.22. The van der Waals surface area contributed by atoms with Crippen molar-refractivity contribution in [2.75, 3.05) is 14.2 Å². The maximum atomic E-state index is 12.3. The summed E-state index contributed by atoms with van der Waals surface area (Å²) in [4.78, 5) is 24.3. The lowest BCUT2D eigenvalue weighted by atomic mass is 9.86. The van der Waals surface area contributed by atoms with E-state index < -0.39 is 12.1 Å².